The van der Waals surface area contributed by atoms with Gasteiger partial charge < -0.3 is 15.2 Å². The van der Waals surface area contributed by atoms with Crippen LogP contribution < -0.4 is 10.6 Å². The summed E-state index contributed by atoms with van der Waals surface area (Å²) < 4.78 is 4.60. The van der Waals surface area contributed by atoms with Gasteiger partial charge in [0.05, 0.1) is 7.11 Å². The summed E-state index contributed by atoms with van der Waals surface area (Å²) in [6.07, 6.45) is 8.56. The van der Waals surface area contributed by atoms with Gasteiger partial charge in [-0.2, -0.15) is 0 Å². The molecule has 0 aliphatic heterocycles. The Labute approximate surface area is 232 Å². The molecule has 0 bridgehead atoms. The van der Waals surface area contributed by atoms with Crippen LogP contribution in [-0.4, -0.2) is 31.4 Å². The summed E-state index contributed by atoms with van der Waals surface area (Å²) in [5, 5.41) is 17.0. The predicted octanol–water partition coefficient (Wildman–Crippen LogP) is 9.45. The van der Waals surface area contributed by atoms with Gasteiger partial charge in [-0.3, -0.25) is 5.32 Å². The Morgan fingerprint density at radius 1 is 1.03 bits per heavy atom. The summed E-state index contributed by atoms with van der Waals surface area (Å²) in [5.41, 5.74) is 5.41. The van der Waals surface area contributed by atoms with Crippen molar-refractivity contribution in [2.45, 2.75) is 81.1 Å². The quantitative estimate of drug-likeness (QED) is 0.202. The van der Waals surface area contributed by atoms with Gasteiger partial charge in [-0.15, -0.1) is 0 Å². The number of phenols is 1. The molecule has 0 aliphatic carbocycles. The molecule has 1 amide bonds. The Bertz CT molecular complexity index is 972. The minimum Gasteiger partial charge on any atom is -0.507 e. The smallest absolute Gasteiger partial charge is 0.411 e. The van der Waals surface area contributed by atoms with Crippen LogP contribution in [0.15, 0.2) is 60.2 Å². The van der Waals surface area contributed by atoms with Crippen LogP contribution in [0.25, 0.3) is 16.7 Å². The van der Waals surface area contributed by atoms with E-state index in [4.69, 9.17) is 0 Å². The molecular formula is C33H52N2O3. The Kier molecular flexibility index (Phi) is 19.3. The van der Waals surface area contributed by atoms with E-state index in [-0.39, 0.29) is 5.75 Å². The predicted molar refractivity (Wildman–Crippen MR) is 166 cm³/mol. The third-order valence-corrected chi connectivity index (χ3v) is 6.09. The van der Waals surface area contributed by atoms with Crippen LogP contribution in [0.5, 0.6) is 5.75 Å². The van der Waals surface area contributed by atoms with E-state index < -0.39 is 6.09 Å². The van der Waals surface area contributed by atoms with Gasteiger partial charge in [0.2, 0.25) is 0 Å². The zero-order valence-electron chi connectivity index (χ0n) is 25.3. The standard InChI is InChI=1S/C24H29NO3.C7H17N.C2H6/c1-6-16(3)15-22(17(4)7-2)21-10-8-9-20(23(21)26)18-11-13-19(14-12-18)25-24(27)28-5;1-3-5-7-8-6-4-2;1-2/h6,8-15,17,26H,7H2,1-5H3,(H,25,27);8H,3-7H2,1-2H3;1-2H3/b16-6-,22-15+;;. The summed E-state index contributed by atoms with van der Waals surface area (Å²) in [4.78, 5) is 11.3. The molecule has 2 rings (SSSR count). The molecule has 0 radical (unpaired) electrons. The number of rotatable bonds is 11. The lowest BCUT2D eigenvalue weighted by molar-refractivity contribution is 0.187. The highest BCUT2D eigenvalue weighted by Crippen LogP contribution is 2.39. The number of nitrogens with one attached hydrogen (secondary N) is 2. The van der Waals surface area contributed by atoms with Crippen LogP contribution in [0.1, 0.15) is 86.6 Å². The number of ether oxygens (including phenoxy) is 1. The summed E-state index contributed by atoms with van der Waals surface area (Å²) in [6, 6.07) is 13.1. The number of unbranched alkanes of at least 4 members (excludes halogenated alkanes) is 1. The minimum absolute atomic E-state index is 0.270. The van der Waals surface area contributed by atoms with Gasteiger partial charge in [-0.05, 0) is 75.4 Å². The van der Waals surface area contributed by atoms with Crippen molar-refractivity contribution in [3.8, 4) is 16.9 Å². The molecule has 0 saturated heterocycles. The van der Waals surface area contributed by atoms with Crippen LogP contribution in [0.2, 0.25) is 0 Å². The highest BCUT2D eigenvalue weighted by atomic mass is 16.5. The molecule has 0 saturated carbocycles. The molecule has 3 N–H and O–H groups in total. The number of benzene rings is 2. The Morgan fingerprint density at radius 3 is 2.21 bits per heavy atom. The number of methoxy groups -OCH3 is 1. The maximum atomic E-state index is 11.3. The Balaban J connectivity index is 0.00000117. The summed E-state index contributed by atoms with van der Waals surface area (Å²) in [6.45, 7) is 19.2. The summed E-state index contributed by atoms with van der Waals surface area (Å²) in [7, 11) is 1.32. The number of hydrogen-bond acceptors (Lipinski definition) is 4. The molecule has 212 valence electrons. The van der Waals surface area contributed by atoms with Gasteiger partial charge >= 0.3 is 6.09 Å². The lowest BCUT2D eigenvalue weighted by Gasteiger charge is -2.18. The van der Waals surface area contributed by atoms with Crippen molar-refractivity contribution in [2.24, 2.45) is 5.92 Å². The fourth-order valence-electron chi connectivity index (χ4n) is 3.55. The van der Waals surface area contributed by atoms with Crippen LogP contribution in [0, 0.1) is 5.92 Å². The number of phenolic OH excluding ortho intramolecular Hbond substituents is 1. The molecule has 0 fully saturated rings. The monoisotopic (exact) mass is 524 g/mol. The van der Waals surface area contributed by atoms with Gasteiger partial charge in [0.1, 0.15) is 5.75 Å². The largest absolute Gasteiger partial charge is 0.507 e. The number of hydrogen-bond donors (Lipinski definition) is 3. The SMILES string of the molecule is C/C=C(C)\C=C(\c1cccc(-c2ccc(NC(=O)OC)cc2)c1O)C(C)CC.CC.CCCCNCCC. The van der Waals surface area contributed by atoms with Crippen LogP contribution >= 0.6 is 0 Å². The summed E-state index contributed by atoms with van der Waals surface area (Å²) >= 11 is 0. The van der Waals surface area contributed by atoms with E-state index in [0.29, 0.717) is 11.6 Å². The number of allylic oxidation sites excluding steroid dienone is 4. The summed E-state index contributed by atoms with van der Waals surface area (Å²) in [5.74, 6) is 0.592. The third-order valence-electron chi connectivity index (χ3n) is 6.09. The number of para-hydroxylation sites is 1. The average Bonchev–Trinajstić information content (AvgIpc) is 2.95. The van der Waals surface area contributed by atoms with Crippen LogP contribution in [0.4, 0.5) is 10.5 Å². The van der Waals surface area contributed by atoms with E-state index in [1.54, 1.807) is 12.1 Å². The molecular weight excluding hydrogens is 472 g/mol. The molecule has 5 nitrogen and oxygen atoms in total. The second-order valence-corrected chi connectivity index (χ2v) is 8.94. The van der Waals surface area contributed by atoms with Crippen molar-refractivity contribution >= 4 is 17.4 Å². The fourth-order valence-corrected chi connectivity index (χ4v) is 3.55. The number of carbonyl (C=O) groups excluding carboxylic acids is 1. The number of anilines is 1. The molecule has 1 unspecified atom stereocenters. The number of carbonyl (C=O) groups is 1. The van der Waals surface area contributed by atoms with E-state index in [9.17, 15) is 9.90 Å². The van der Waals surface area contributed by atoms with Crippen LogP contribution in [-0.2, 0) is 4.74 Å². The fraction of sp³-hybridized carbons (Fsp3) is 0.485. The van der Waals surface area contributed by atoms with Gasteiger partial charge in [-0.25, -0.2) is 4.79 Å². The van der Waals surface area contributed by atoms with E-state index in [1.165, 1.54) is 45.0 Å². The second kappa shape index (κ2) is 20.9. The molecule has 5 heteroatoms. The molecule has 0 aromatic heterocycles. The minimum atomic E-state index is -0.514. The topological polar surface area (TPSA) is 70.6 Å². The normalized spacial score (nSPS) is 11.9. The van der Waals surface area contributed by atoms with Crippen molar-refractivity contribution < 1.29 is 14.6 Å². The first-order valence-electron chi connectivity index (χ1n) is 14.2. The maximum absolute atomic E-state index is 11.3. The molecule has 38 heavy (non-hydrogen) atoms. The molecule has 0 heterocycles. The lowest BCUT2D eigenvalue weighted by atomic mass is 9.88. The first kappa shape index (κ1) is 35.0. The van der Waals surface area contributed by atoms with Crippen LogP contribution in [0.3, 0.4) is 0 Å². The van der Waals surface area contributed by atoms with Crippen molar-refractivity contribution in [1.82, 2.24) is 5.32 Å². The van der Waals surface area contributed by atoms with Gasteiger partial charge in [0, 0.05) is 16.8 Å². The third kappa shape index (κ3) is 12.5. The number of amides is 1. The first-order chi connectivity index (χ1) is 18.3. The van der Waals surface area contributed by atoms with E-state index in [1.807, 2.05) is 51.1 Å². The van der Waals surface area contributed by atoms with Gasteiger partial charge in [0.25, 0.3) is 0 Å². The molecule has 0 spiro atoms. The highest BCUT2D eigenvalue weighted by molar-refractivity contribution is 5.86. The van der Waals surface area contributed by atoms with E-state index in [2.05, 4.69) is 62.1 Å². The van der Waals surface area contributed by atoms with Crippen molar-refractivity contribution in [3.05, 3.63) is 65.8 Å². The highest BCUT2D eigenvalue weighted by Gasteiger charge is 2.16. The maximum Gasteiger partial charge on any atom is 0.411 e. The lowest BCUT2D eigenvalue weighted by Crippen LogP contribution is -2.15. The molecule has 1 atom stereocenters. The van der Waals surface area contributed by atoms with Gasteiger partial charge in [-0.1, -0.05) is 96.0 Å². The zero-order valence-corrected chi connectivity index (χ0v) is 25.3. The molecule has 2 aromatic rings. The Morgan fingerprint density at radius 2 is 1.68 bits per heavy atom. The van der Waals surface area contributed by atoms with Crippen molar-refractivity contribution in [3.63, 3.8) is 0 Å². The average molecular weight is 525 g/mol. The Hall–Kier alpha value is -3.05. The van der Waals surface area contributed by atoms with E-state index in [0.717, 1.165) is 28.7 Å². The number of aromatic hydroxyl groups is 1. The van der Waals surface area contributed by atoms with E-state index >= 15 is 0 Å². The second-order valence-electron chi connectivity index (χ2n) is 8.94. The molecule has 2 aromatic carbocycles. The van der Waals surface area contributed by atoms with Crippen molar-refractivity contribution in [2.75, 3.05) is 25.5 Å². The van der Waals surface area contributed by atoms with Crippen molar-refractivity contribution in [1.29, 1.82) is 0 Å². The first-order valence-corrected chi connectivity index (χ1v) is 14.2. The molecule has 0 aliphatic rings. The van der Waals surface area contributed by atoms with Gasteiger partial charge in [0.15, 0.2) is 0 Å². The zero-order chi connectivity index (χ0) is 28.9.